The van der Waals surface area contributed by atoms with Gasteiger partial charge in [0, 0.05) is 0 Å². The van der Waals surface area contributed by atoms with Crippen LogP contribution in [0.2, 0.25) is 0 Å². The highest BCUT2D eigenvalue weighted by Gasteiger charge is 2.51. The number of carbonyl (C=O) groups is 1. The number of hydrogen-bond acceptors (Lipinski definition) is 3. The summed E-state index contributed by atoms with van der Waals surface area (Å²) in [4.78, 5) is 12.0. The molecule has 2 rings (SSSR count). The van der Waals surface area contributed by atoms with E-state index >= 15 is 0 Å². The molecule has 1 unspecified atom stereocenters. The molecule has 0 heterocycles. The first-order valence-corrected chi connectivity index (χ1v) is 6.82. The first-order valence-electron chi connectivity index (χ1n) is 6.82. The van der Waals surface area contributed by atoms with Crippen molar-refractivity contribution in [2.24, 2.45) is 5.41 Å². The fourth-order valence-electron chi connectivity index (χ4n) is 2.21. The number of hydrogen-bond donors (Lipinski definition) is 1. The summed E-state index contributed by atoms with van der Waals surface area (Å²) in [6.07, 6.45) is 1.13. The molecule has 1 amide bonds. The molecular weight excluding hydrogens is 252 g/mol. The lowest BCUT2D eigenvalue weighted by Crippen LogP contribution is -2.38. The molecule has 0 bridgehead atoms. The molecule has 1 fully saturated rings. The van der Waals surface area contributed by atoms with Crippen molar-refractivity contribution in [3.63, 3.8) is 0 Å². The summed E-state index contributed by atoms with van der Waals surface area (Å²) in [5.74, 6) is 0. The first kappa shape index (κ1) is 14.4. The van der Waals surface area contributed by atoms with Gasteiger partial charge in [0.1, 0.15) is 5.60 Å². The molecule has 1 aliphatic rings. The summed E-state index contributed by atoms with van der Waals surface area (Å²) in [6.45, 7) is 5.46. The average molecular weight is 272 g/mol. The molecule has 0 spiro atoms. The molecular formula is C16H20N2O2. The van der Waals surface area contributed by atoms with Crippen molar-refractivity contribution in [1.29, 1.82) is 5.26 Å². The van der Waals surface area contributed by atoms with Crippen LogP contribution < -0.4 is 5.32 Å². The zero-order chi connectivity index (χ0) is 14.8. The van der Waals surface area contributed by atoms with Gasteiger partial charge in [-0.2, -0.15) is 5.26 Å². The Morgan fingerprint density at radius 2 is 1.95 bits per heavy atom. The van der Waals surface area contributed by atoms with Crippen molar-refractivity contribution >= 4 is 6.09 Å². The summed E-state index contributed by atoms with van der Waals surface area (Å²) >= 11 is 0. The Balaban J connectivity index is 2.18. The fourth-order valence-corrected chi connectivity index (χ4v) is 2.21. The molecule has 0 saturated heterocycles. The first-order chi connectivity index (χ1) is 9.36. The lowest BCUT2D eigenvalue weighted by Gasteiger charge is -2.26. The van der Waals surface area contributed by atoms with Crippen LogP contribution in [0.3, 0.4) is 0 Å². The second-order valence-corrected chi connectivity index (χ2v) is 6.26. The Labute approximate surface area is 119 Å². The topological polar surface area (TPSA) is 62.1 Å². The standard InChI is InChI=1S/C16H20N2O2/c1-15(2,3)20-14(19)18-13(16(11-17)9-10-16)12-7-5-4-6-8-12/h4-8,13H,9-10H2,1-3H3,(H,18,19). The van der Waals surface area contributed by atoms with Gasteiger partial charge in [-0.3, -0.25) is 0 Å². The van der Waals surface area contributed by atoms with Gasteiger partial charge >= 0.3 is 6.09 Å². The third kappa shape index (κ3) is 3.30. The second kappa shape index (κ2) is 5.16. The molecule has 4 nitrogen and oxygen atoms in total. The Bertz CT molecular complexity index is 522. The van der Waals surface area contributed by atoms with Gasteiger partial charge in [0.05, 0.1) is 17.5 Å². The van der Waals surface area contributed by atoms with Gasteiger partial charge < -0.3 is 10.1 Å². The number of nitrogens with zero attached hydrogens (tertiary/aromatic N) is 1. The number of amides is 1. The van der Waals surface area contributed by atoms with Gasteiger partial charge in [0.15, 0.2) is 0 Å². The summed E-state index contributed by atoms with van der Waals surface area (Å²) < 4.78 is 5.30. The van der Waals surface area contributed by atoms with Crippen molar-refractivity contribution in [3.05, 3.63) is 35.9 Å². The third-order valence-electron chi connectivity index (χ3n) is 3.36. The van der Waals surface area contributed by atoms with Crippen LogP contribution in [-0.2, 0) is 4.74 Å². The van der Waals surface area contributed by atoms with Crippen LogP contribution in [0.25, 0.3) is 0 Å². The summed E-state index contributed by atoms with van der Waals surface area (Å²) in [6, 6.07) is 11.6. The molecule has 1 aliphatic carbocycles. The van der Waals surface area contributed by atoms with Crippen molar-refractivity contribution in [2.75, 3.05) is 0 Å². The van der Waals surface area contributed by atoms with Crippen molar-refractivity contribution in [1.82, 2.24) is 5.32 Å². The normalized spacial score (nSPS) is 17.7. The highest BCUT2D eigenvalue weighted by atomic mass is 16.6. The zero-order valence-corrected chi connectivity index (χ0v) is 12.1. The maximum Gasteiger partial charge on any atom is 0.408 e. The third-order valence-corrected chi connectivity index (χ3v) is 3.36. The molecule has 1 atom stereocenters. The number of alkyl carbamates (subject to hydrolysis) is 1. The molecule has 1 aromatic rings. The molecule has 4 heteroatoms. The van der Waals surface area contributed by atoms with Gasteiger partial charge in [-0.15, -0.1) is 0 Å². The maximum absolute atomic E-state index is 12.0. The zero-order valence-electron chi connectivity index (χ0n) is 12.1. The molecule has 1 aromatic carbocycles. The number of rotatable bonds is 3. The summed E-state index contributed by atoms with van der Waals surface area (Å²) in [5.41, 5.74) is -0.0927. The van der Waals surface area contributed by atoms with Gasteiger partial charge in [0.2, 0.25) is 0 Å². The molecule has 1 saturated carbocycles. The molecule has 1 N–H and O–H groups in total. The minimum absolute atomic E-state index is 0.316. The van der Waals surface area contributed by atoms with Crippen LogP contribution >= 0.6 is 0 Å². The van der Waals surface area contributed by atoms with Crippen LogP contribution in [0.15, 0.2) is 30.3 Å². The monoisotopic (exact) mass is 272 g/mol. The minimum Gasteiger partial charge on any atom is -0.444 e. The van der Waals surface area contributed by atoms with Gasteiger partial charge in [0.25, 0.3) is 0 Å². The SMILES string of the molecule is CC(C)(C)OC(=O)NC(c1ccccc1)C1(C#N)CC1. The maximum atomic E-state index is 12.0. The predicted octanol–water partition coefficient (Wildman–Crippen LogP) is 3.56. The van der Waals surface area contributed by atoms with Gasteiger partial charge in [-0.05, 0) is 39.2 Å². The van der Waals surface area contributed by atoms with Crippen LogP contribution in [-0.4, -0.2) is 11.7 Å². The van der Waals surface area contributed by atoms with E-state index < -0.39 is 17.1 Å². The molecule has 0 aliphatic heterocycles. The highest BCUT2D eigenvalue weighted by Crippen LogP contribution is 2.54. The molecule has 0 radical (unpaired) electrons. The second-order valence-electron chi connectivity index (χ2n) is 6.26. The van der Waals surface area contributed by atoms with Crippen LogP contribution in [0.4, 0.5) is 4.79 Å². The van der Waals surface area contributed by atoms with E-state index in [2.05, 4.69) is 11.4 Å². The summed E-state index contributed by atoms with van der Waals surface area (Å²) in [5, 5.41) is 12.3. The van der Waals surface area contributed by atoms with E-state index in [4.69, 9.17) is 4.74 Å². The quantitative estimate of drug-likeness (QED) is 0.915. The number of nitriles is 1. The van der Waals surface area contributed by atoms with E-state index in [1.54, 1.807) is 0 Å². The van der Waals surface area contributed by atoms with E-state index in [-0.39, 0.29) is 6.04 Å². The Hall–Kier alpha value is -2.02. The number of benzene rings is 1. The Morgan fingerprint density at radius 1 is 1.35 bits per heavy atom. The van der Waals surface area contributed by atoms with Crippen LogP contribution in [0.1, 0.15) is 45.2 Å². The number of nitrogens with one attached hydrogen (secondary N) is 1. The van der Waals surface area contributed by atoms with Crippen molar-refractivity contribution < 1.29 is 9.53 Å². The Morgan fingerprint density at radius 3 is 2.40 bits per heavy atom. The van der Waals surface area contributed by atoms with Crippen molar-refractivity contribution in [3.8, 4) is 6.07 Å². The Kier molecular flexibility index (Phi) is 3.71. The highest BCUT2D eigenvalue weighted by molar-refractivity contribution is 5.69. The van der Waals surface area contributed by atoms with Crippen molar-refractivity contribution in [2.45, 2.75) is 45.3 Å². The van der Waals surface area contributed by atoms with E-state index in [1.807, 2.05) is 51.1 Å². The number of carbonyl (C=O) groups excluding carboxylic acids is 1. The molecule has 0 aromatic heterocycles. The lowest BCUT2D eigenvalue weighted by molar-refractivity contribution is 0.0488. The lowest BCUT2D eigenvalue weighted by atomic mass is 9.91. The summed E-state index contributed by atoms with van der Waals surface area (Å²) in [7, 11) is 0. The average Bonchev–Trinajstić information content (AvgIpc) is 3.16. The van der Waals surface area contributed by atoms with E-state index in [0.717, 1.165) is 18.4 Å². The molecule has 20 heavy (non-hydrogen) atoms. The van der Waals surface area contributed by atoms with E-state index in [1.165, 1.54) is 0 Å². The van der Waals surface area contributed by atoms with Gasteiger partial charge in [-0.25, -0.2) is 4.79 Å². The minimum atomic E-state index is -0.547. The van der Waals surface area contributed by atoms with Gasteiger partial charge in [-0.1, -0.05) is 30.3 Å². The smallest absolute Gasteiger partial charge is 0.408 e. The van der Waals surface area contributed by atoms with Crippen LogP contribution in [0.5, 0.6) is 0 Å². The predicted molar refractivity (Wildman–Crippen MR) is 75.8 cm³/mol. The fraction of sp³-hybridized carbons (Fsp3) is 0.500. The van der Waals surface area contributed by atoms with E-state index in [9.17, 15) is 10.1 Å². The van der Waals surface area contributed by atoms with E-state index in [0.29, 0.717) is 0 Å². The largest absolute Gasteiger partial charge is 0.444 e. The molecule has 106 valence electrons. The van der Waals surface area contributed by atoms with Crippen LogP contribution in [0, 0.1) is 16.7 Å². The number of ether oxygens (including phenoxy) is 1.